The van der Waals surface area contributed by atoms with Crippen LogP contribution in [0.15, 0.2) is 24.3 Å². The van der Waals surface area contributed by atoms with E-state index in [4.69, 9.17) is 4.84 Å². The number of nitrogens with one attached hydrogen (secondary N) is 1. The number of benzene rings is 1. The van der Waals surface area contributed by atoms with Gasteiger partial charge in [-0.1, -0.05) is 12.1 Å². The molecule has 2 rings (SSSR count). The van der Waals surface area contributed by atoms with E-state index in [0.717, 1.165) is 5.06 Å². The Labute approximate surface area is 112 Å². The Kier molecular flexibility index (Phi) is 3.68. The molecule has 1 heterocycles. The number of hydrogen-bond donors (Lipinski definition) is 1. The normalized spacial score (nSPS) is 15.0. The first-order valence-electron chi connectivity index (χ1n) is 6.26. The van der Waals surface area contributed by atoms with Gasteiger partial charge in [0, 0.05) is 12.1 Å². The summed E-state index contributed by atoms with van der Waals surface area (Å²) in [5, 5.41) is 4.06. The summed E-state index contributed by atoms with van der Waals surface area (Å²) >= 11 is 0. The van der Waals surface area contributed by atoms with E-state index in [1.54, 1.807) is 24.3 Å². The van der Waals surface area contributed by atoms with Crippen molar-refractivity contribution >= 4 is 11.8 Å². The smallest absolute Gasteiger partial charge is 0.285 e. The van der Waals surface area contributed by atoms with Crippen molar-refractivity contribution in [2.24, 2.45) is 0 Å². The first-order chi connectivity index (χ1) is 8.90. The topological polar surface area (TPSA) is 58.6 Å². The molecule has 1 aliphatic heterocycles. The molecule has 0 bridgehead atoms. The number of hydrogen-bond acceptors (Lipinski definition) is 4. The fraction of sp³-hybridized carbons (Fsp3) is 0.429. The highest BCUT2D eigenvalue weighted by atomic mass is 16.7. The monoisotopic (exact) mass is 262 g/mol. The van der Waals surface area contributed by atoms with E-state index in [1.807, 2.05) is 20.8 Å². The SMILES string of the molecule is CC(C)(C)NCCON1C(=O)c2ccccc2C1=O. The number of hydroxylamine groups is 2. The van der Waals surface area contributed by atoms with Crippen LogP contribution in [0.2, 0.25) is 0 Å². The molecule has 0 aliphatic carbocycles. The van der Waals surface area contributed by atoms with Gasteiger partial charge in [0.25, 0.3) is 11.8 Å². The van der Waals surface area contributed by atoms with E-state index in [1.165, 1.54) is 0 Å². The third-order valence-corrected chi connectivity index (χ3v) is 2.73. The zero-order valence-electron chi connectivity index (χ0n) is 11.4. The third-order valence-electron chi connectivity index (χ3n) is 2.73. The number of imide groups is 1. The Bertz CT molecular complexity index is 471. The van der Waals surface area contributed by atoms with Gasteiger partial charge in [0.2, 0.25) is 0 Å². The quantitative estimate of drug-likeness (QED) is 0.661. The van der Waals surface area contributed by atoms with Crippen LogP contribution in [0.25, 0.3) is 0 Å². The van der Waals surface area contributed by atoms with Gasteiger partial charge in [-0.2, -0.15) is 0 Å². The minimum Gasteiger partial charge on any atom is -0.310 e. The number of rotatable bonds is 4. The van der Waals surface area contributed by atoms with Crippen LogP contribution in [0.3, 0.4) is 0 Å². The molecule has 1 N–H and O–H groups in total. The van der Waals surface area contributed by atoms with Crippen LogP contribution < -0.4 is 5.32 Å². The van der Waals surface area contributed by atoms with Gasteiger partial charge >= 0.3 is 0 Å². The average molecular weight is 262 g/mol. The molecule has 0 saturated heterocycles. The molecule has 0 aromatic heterocycles. The molecule has 102 valence electrons. The highest BCUT2D eigenvalue weighted by molar-refractivity contribution is 6.20. The lowest BCUT2D eigenvalue weighted by Gasteiger charge is -2.21. The van der Waals surface area contributed by atoms with Gasteiger partial charge in [-0.05, 0) is 32.9 Å². The predicted octanol–water partition coefficient (Wildman–Crippen LogP) is 1.60. The van der Waals surface area contributed by atoms with Crippen LogP contribution >= 0.6 is 0 Å². The molecule has 19 heavy (non-hydrogen) atoms. The number of amides is 2. The molecule has 1 aliphatic rings. The van der Waals surface area contributed by atoms with E-state index in [0.29, 0.717) is 17.7 Å². The minimum atomic E-state index is -0.392. The second-order valence-corrected chi connectivity index (χ2v) is 5.46. The van der Waals surface area contributed by atoms with Crippen molar-refractivity contribution in [3.8, 4) is 0 Å². The zero-order chi connectivity index (χ0) is 14.0. The van der Waals surface area contributed by atoms with Crippen molar-refractivity contribution in [3.05, 3.63) is 35.4 Å². The number of carbonyl (C=O) groups excluding carboxylic acids is 2. The lowest BCUT2D eigenvalue weighted by atomic mass is 10.1. The van der Waals surface area contributed by atoms with Crippen LogP contribution in [-0.2, 0) is 4.84 Å². The number of carbonyl (C=O) groups is 2. The summed E-state index contributed by atoms with van der Waals surface area (Å²) in [6.45, 7) is 6.94. The lowest BCUT2D eigenvalue weighted by molar-refractivity contribution is -0.0904. The summed E-state index contributed by atoms with van der Waals surface area (Å²) in [6.07, 6.45) is 0. The van der Waals surface area contributed by atoms with Crippen molar-refractivity contribution in [3.63, 3.8) is 0 Å². The Balaban J connectivity index is 1.94. The Morgan fingerprint density at radius 3 is 2.11 bits per heavy atom. The molecule has 0 radical (unpaired) electrons. The molecule has 1 aromatic carbocycles. The van der Waals surface area contributed by atoms with Crippen LogP contribution in [0.5, 0.6) is 0 Å². The maximum absolute atomic E-state index is 12.0. The van der Waals surface area contributed by atoms with E-state index in [2.05, 4.69) is 5.32 Å². The fourth-order valence-electron chi connectivity index (χ4n) is 1.85. The van der Waals surface area contributed by atoms with Crippen LogP contribution in [0.1, 0.15) is 41.5 Å². The number of fused-ring (bicyclic) bond motifs is 1. The second kappa shape index (κ2) is 5.11. The molecule has 0 fully saturated rings. The van der Waals surface area contributed by atoms with Gasteiger partial charge in [0.15, 0.2) is 0 Å². The first-order valence-corrected chi connectivity index (χ1v) is 6.26. The first kappa shape index (κ1) is 13.7. The predicted molar refractivity (Wildman–Crippen MR) is 70.6 cm³/mol. The van der Waals surface area contributed by atoms with E-state index < -0.39 is 11.8 Å². The molecule has 1 aromatic rings. The zero-order valence-corrected chi connectivity index (χ0v) is 11.4. The van der Waals surface area contributed by atoms with Crippen LogP contribution in [0.4, 0.5) is 0 Å². The summed E-state index contributed by atoms with van der Waals surface area (Å²) < 4.78 is 0. The minimum absolute atomic E-state index is 0.0225. The number of nitrogens with zero attached hydrogens (tertiary/aromatic N) is 1. The van der Waals surface area contributed by atoms with Crippen molar-refractivity contribution < 1.29 is 14.4 Å². The van der Waals surface area contributed by atoms with Crippen LogP contribution in [-0.4, -0.2) is 35.6 Å². The van der Waals surface area contributed by atoms with Gasteiger partial charge in [-0.15, -0.1) is 5.06 Å². The summed E-state index contributed by atoms with van der Waals surface area (Å²) in [4.78, 5) is 29.2. The van der Waals surface area contributed by atoms with Gasteiger partial charge in [0.05, 0.1) is 17.7 Å². The molecule has 0 atom stereocenters. The summed E-state index contributed by atoms with van der Waals surface area (Å²) in [5.41, 5.74) is 0.776. The lowest BCUT2D eigenvalue weighted by Crippen LogP contribution is -2.40. The maximum Gasteiger partial charge on any atom is 0.285 e. The Morgan fingerprint density at radius 1 is 1.11 bits per heavy atom. The van der Waals surface area contributed by atoms with Gasteiger partial charge < -0.3 is 5.32 Å². The van der Waals surface area contributed by atoms with Gasteiger partial charge in [0.1, 0.15) is 0 Å². The van der Waals surface area contributed by atoms with Gasteiger partial charge in [-0.3, -0.25) is 14.4 Å². The molecular formula is C14H18N2O3. The third kappa shape index (κ3) is 3.00. The van der Waals surface area contributed by atoms with Crippen LogP contribution in [0, 0.1) is 0 Å². The molecule has 0 spiro atoms. The van der Waals surface area contributed by atoms with Crippen molar-refractivity contribution in [2.75, 3.05) is 13.2 Å². The van der Waals surface area contributed by atoms with Crippen molar-refractivity contribution in [1.29, 1.82) is 0 Å². The summed E-state index contributed by atoms with van der Waals surface area (Å²) in [7, 11) is 0. The maximum atomic E-state index is 12.0. The summed E-state index contributed by atoms with van der Waals surface area (Å²) in [6, 6.07) is 6.72. The van der Waals surface area contributed by atoms with Crippen molar-refractivity contribution in [2.45, 2.75) is 26.3 Å². The van der Waals surface area contributed by atoms with E-state index >= 15 is 0 Å². The second-order valence-electron chi connectivity index (χ2n) is 5.46. The Hall–Kier alpha value is -1.72. The molecule has 0 unspecified atom stereocenters. The fourth-order valence-corrected chi connectivity index (χ4v) is 1.85. The molecule has 5 nitrogen and oxygen atoms in total. The standard InChI is InChI=1S/C14H18N2O3/c1-14(2,3)15-8-9-19-16-12(17)10-6-4-5-7-11(10)13(16)18/h4-7,15H,8-9H2,1-3H3. The molecule has 0 saturated carbocycles. The average Bonchev–Trinajstić information content (AvgIpc) is 2.58. The Morgan fingerprint density at radius 2 is 1.63 bits per heavy atom. The largest absolute Gasteiger partial charge is 0.310 e. The molecule has 5 heteroatoms. The summed E-state index contributed by atoms with van der Waals surface area (Å²) in [5.74, 6) is -0.785. The van der Waals surface area contributed by atoms with E-state index in [9.17, 15) is 9.59 Å². The molecule has 2 amide bonds. The van der Waals surface area contributed by atoms with Gasteiger partial charge in [-0.25, -0.2) is 0 Å². The highest BCUT2D eigenvalue weighted by Gasteiger charge is 2.36. The highest BCUT2D eigenvalue weighted by Crippen LogP contribution is 2.22. The van der Waals surface area contributed by atoms with Crippen molar-refractivity contribution in [1.82, 2.24) is 10.4 Å². The molecular weight excluding hydrogens is 244 g/mol. The van der Waals surface area contributed by atoms with E-state index in [-0.39, 0.29) is 12.1 Å².